The SMILES string of the molecule is CCC(CC(C)c1ccccc1OCC(=O)OC(C)(C)C)c1ccccc1O. The van der Waals surface area contributed by atoms with Crippen molar-refractivity contribution in [2.75, 3.05) is 6.61 Å². The van der Waals surface area contributed by atoms with Gasteiger partial charge in [-0.15, -0.1) is 0 Å². The molecule has 4 heteroatoms. The number of carbonyl (C=O) groups is 1. The van der Waals surface area contributed by atoms with E-state index in [1.165, 1.54) is 0 Å². The van der Waals surface area contributed by atoms with Crippen LogP contribution in [0.25, 0.3) is 0 Å². The molecule has 0 aliphatic rings. The molecule has 0 aliphatic heterocycles. The molecule has 0 aromatic heterocycles. The average molecular weight is 385 g/mol. The summed E-state index contributed by atoms with van der Waals surface area (Å²) in [4.78, 5) is 12.0. The van der Waals surface area contributed by atoms with Gasteiger partial charge in [0.05, 0.1) is 0 Å². The number of para-hydroxylation sites is 2. The van der Waals surface area contributed by atoms with E-state index in [1.54, 1.807) is 6.07 Å². The number of phenols is 1. The Hall–Kier alpha value is -2.49. The van der Waals surface area contributed by atoms with Crippen LogP contribution in [0, 0.1) is 0 Å². The number of benzene rings is 2. The van der Waals surface area contributed by atoms with Gasteiger partial charge in [0.1, 0.15) is 17.1 Å². The maximum atomic E-state index is 12.0. The van der Waals surface area contributed by atoms with E-state index in [2.05, 4.69) is 13.8 Å². The third-order valence-corrected chi connectivity index (χ3v) is 4.72. The summed E-state index contributed by atoms with van der Waals surface area (Å²) in [6, 6.07) is 15.3. The maximum absolute atomic E-state index is 12.0. The van der Waals surface area contributed by atoms with Gasteiger partial charge in [-0.3, -0.25) is 0 Å². The molecule has 0 saturated heterocycles. The lowest BCUT2D eigenvalue weighted by Gasteiger charge is -2.23. The van der Waals surface area contributed by atoms with Crippen molar-refractivity contribution in [1.29, 1.82) is 0 Å². The minimum Gasteiger partial charge on any atom is -0.508 e. The summed E-state index contributed by atoms with van der Waals surface area (Å²) in [5.41, 5.74) is 1.50. The van der Waals surface area contributed by atoms with Crippen molar-refractivity contribution in [1.82, 2.24) is 0 Å². The minimum absolute atomic E-state index is 0.113. The number of rotatable bonds is 8. The normalized spacial score (nSPS) is 13.6. The molecule has 0 fully saturated rings. The number of ether oxygens (including phenoxy) is 2. The zero-order valence-electron chi connectivity index (χ0n) is 17.6. The molecule has 0 radical (unpaired) electrons. The van der Waals surface area contributed by atoms with Crippen molar-refractivity contribution in [3.05, 3.63) is 59.7 Å². The summed E-state index contributed by atoms with van der Waals surface area (Å²) in [6.45, 7) is 9.69. The number of phenolic OH excluding ortho intramolecular Hbond substituents is 1. The Morgan fingerprint density at radius 3 is 2.25 bits per heavy atom. The van der Waals surface area contributed by atoms with Gasteiger partial charge in [0.2, 0.25) is 0 Å². The second-order valence-corrected chi connectivity index (χ2v) is 8.21. The Balaban J connectivity index is 2.10. The minimum atomic E-state index is -0.528. The zero-order valence-corrected chi connectivity index (χ0v) is 17.6. The first-order chi connectivity index (χ1) is 13.2. The lowest BCUT2D eigenvalue weighted by atomic mass is 9.84. The first-order valence-corrected chi connectivity index (χ1v) is 9.92. The molecule has 2 rings (SSSR count). The van der Waals surface area contributed by atoms with Crippen molar-refractivity contribution >= 4 is 5.97 Å². The molecule has 2 unspecified atom stereocenters. The van der Waals surface area contributed by atoms with Crippen molar-refractivity contribution in [2.24, 2.45) is 0 Å². The summed E-state index contributed by atoms with van der Waals surface area (Å²) >= 11 is 0. The molecule has 152 valence electrons. The summed E-state index contributed by atoms with van der Waals surface area (Å²) in [5.74, 6) is 1.12. The lowest BCUT2D eigenvalue weighted by Crippen LogP contribution is -2.27. The fourth-order valence-electron chi connectivity index (χ4n) is 3.43. The number of hydrogen-bond donors (Lipinski definition) is 1. The molecule has 28 heavy (non-hydrogen) atoms. The van der Waals surface area contributed by atoms with Crippen LogP contribution in [0.5, 0.6) is 11.5 Å². The number of aromatic hydroxyl groups is 1. The van der Waals surface area contributed by atoms with Crippen LogP contribution < -0.4 is 4.74 Å². The summed E-state index contributed by atoms with van der Waals surface area (Å²) in [7, 11) is 0. The molecule has 0 amide bonds. The molecule has 2 atom stereocenters. The topological polar surface area (TPSA) is 55.8 Å². The Kier molecular flexibility index (Phi) is 7.50. The molecule has 0 saturated carbocycles. The van der Waals surface area contributed by atoms with Gasteiger partial charge in [-0.2, -0.15) is 0 Å². The van der Waals surface area contributed by atoms with E-state index in [0.717, 1.165) is 24.0 Å². The molecule has 0 spiro atoms. The molecule has 0 heterocycles. The Labute approximate surface area is 168 Å². The highest BCUT2D eigenvalue weighted by atomic mass is 16.6. The van der Waals surface area contributed by atoms with E-state index >= 15 is 0 Å². The quantitative estimate of drug-likeness (QED) is 0.584. The first-order valence-electron chi connectivity index (χ1n) is 9.92. The zero-order chi connectivity index (χ0) is 20.7. The van der Waals surface area contributed by atoms with Gasteiger partial charge < -0.3 is 14.6 Å². The second-order valence-electron chi connectivity index (χ2n) is 8.21. The van der Waals surface area contributed by atoms with Crippen LogP contribution in [0.2, 0.25) is 0 Å². The summed E-state index contributed by atoms with van der Waals surface area (Å²) in [6.07, 6.45) is 1.81. The molecule has 2 aromatic rings. The van der Waals surface area contributed by atoms with Gasteiger partial charge in [-0.25, -0.2) is 4.79 Å². The standard InChI is InChI=1S/C24H32O4/c1-6-18(20-12-7-9-13-21(20)25)15-17(2)19-11-8-10-14-22(19)27-16-23(26)28-24(3,4)5/h7-14,17-18,25H,6,15-16H2,1-5H3. The highest BCUT2D eigenvalue weighted by molar-refractivity contribution is 5.71. The Bertz CT molecular complexity index is 776. The van der Waals surface area contributed by atoms with Crippen LogP contribution in [-0.4, -0.2) is 23.3 Å². The molecule has 0 aliphatic carbocycles. The van der Waals surface area contributed by atoms with Crippen LogP contribution in [-0.2, 0) is 9.53 Å². The monoisotopic (exact) mass is 384 g/mol. The predicted octanol–water partition coefficient (Wildman–Crippen LogP) is 5.80. The van der Waals surface area contributed by atoms with Crippen LogP contribution in [0.4, 0.5) is 0 Å². The Morgan fingerprint density at radius 1 is 1.04 bits per heavy atom. The lowest BCUT2D eigenvalue weighted by molar-refractivity contribution is -0.157. The molecule has 2 aromatic carbocycles. The Morgan fingerprint density at radius 2 is 1.64 bits per heavy atom. The maximum Gasteiger partial charge on any atom is 0.344 e. The van der Waals surface area contributed by atoms with E-state index in [1.807, 2.05) is 63.2 Å². The molecule has 4 nitrogen and oxygen atoms in total. The van der Waals surface area contributed by atoms with E-state index in [-0.39, 0.29) is 24.4 Å². The van der Waals surface area contributed by atoms with Gasteiger partial charge in [0.15, 0.2) is 6.61 Å². The van der Waals surface area contributed by atoms with Gasteiger partial charge in [0.25, 0.3) is 0 Å². The fraction of sp³-hybridized carbons (Fsp3) is 0.458. The first kappa shape index (κ1) is 21.8. The van der Waals surface area contributed by atoms with Crippen molar-refractivity contribution in [3.8, 4) is 11.5 Å². The predicted molar refractivity (Wildman–Crippen MR) is 112 cm³/mol. The number of carbonyl (C=O) groups excluding carboxylic acids is 1. The molecular formula is C24H32O4. The molecular weight excluding hydrogens is 352 g/mol. The molecule has 1 N–H and O–H groups in total. The largest absolute Gasteiger partial charge is 0.508 e. The van der Waals surface area contributed by atoms with E-state index < -0.39 is 5.60 Å². The summed E-state index contributed by atoms with van der Waals surface area (Å²) < 4.78 is 11.1. The van der Waals surface area contributed by atoms with Crippen LogP contribution in [0.15, 0.2) is 48.5 Å². The van der Waals surface area contributed by atoms with Gasteiger partial charge in [0, 0.05) is 0 Å². The number of hydrogen-bond acceptors (Lipinski definition) is 4. The van der Waals surface area contributed by atoms with Crippen molar-refractivity contribution in [3.63, 3.8) is 0 Å². The molecule has 0 bridgehead atoms. The number of esters is 1. The van der Waals surface area contributed by atoms with Crippen molar-refractivity contribution in [2.45, 2.75) is 64.9 Å². The van der Waals surface area contributed by atoms with E-state index in [9.17, 15) is 9.90 Å². The van der Waals surface area contributed by atoms with Gasteiger partial charge in [-0.1, -0.05) is 50.2 Å². The highest BCUT2D eigenvalue weighted by Crippen LogP contribution is 2.38. The highest BCUT2D eigenvalue weighted by Gasteiger charge is 2.21. The van der Waals surface area contributed by atoms with E-state index in [4.69, 9.17) is 9.47 Å². The average Bonchev–Trinajstić information content (AvgIpc) is 2.64. The van der Waals surface area contributed by atoms with Gasteiger partial charge in [-0.05, 0) is 68.7 Å². The van der Waals surface area contributed by atoms with Crippen LogP contribution >= 0.6 is 0 Å². The second kappa shape index (κ2) is 9.63. The fourth-order valence-corrected chi connectivity index (χ4v) is 3.43. The smallest absolute Gasteiger partial charge is 0.344 e. The van der Waals surface area contributed by atoms with Crippen LogP contribution in [0.1, 0.15) is 70.4 Å². The third kappa shape index (κ3) is 6.29. The van der Waals surface area contributed by atoms with Crippen LogP contribution in [0.3, 0.4) is 0 Å². The van der Waals surface area contributed by atoms with Gasteiger partial charge >= 0.3 is 5.97 Å². The van der Waals surface area contributed by atoms with Crippen molar-refractivity contribution < 1.29 is 19.4 Å². The summed E-state index contributed by atoms with van der Waals surface area (Å²) in [5, 5.41) is 10.2. The third-order valence-electron chi connectivity index (χ3n) is 4.72. The van der Waals surface area contributed by atoms with E-state index in [0.29, 0.717) is 11.5 Å².